The third-order valence-corrected chi connectivity index (χ3v) is 25.0. The third kappa shape index (κ3) is 11.5. The Morgan fingerprint density at radius 2 is 1.13 bits per heavy atom. The Morgan fingerprint density at radius 3 is 1.73 bits per heavy atom. The highest BCUT2D eigenvalue weighted by Crippen LogP contribution is 2.51. The Labute approximate surface area is 591 Å². The minimum absolute atomic E-state index is 0.0289. The molecule has 524 valence electrons. The molecule has 6 fully saturated rings. The number of hydrogen-bond acceptors (Lipinski definition) is 19. The van der Waals surface area contributed by atoms with Crippen LogP contribution in [0.4, 0.5) is 11.4 Å². The van der Waals surface area contributed by atoms with Crippen molar-refractivity contribution in [3.63, 3.8) is 0 Å². The topological polar surface area (TPSA) is 236 Å². The maximum absolute atomic E-state index is 15.3. The van der Waals surface area contributed by atoms with Crippen molar-refractivity contribution in [1.82, 2.24) is 39.4 Å². The van der Waals surface area contributed by atoms with Crippen molar-refractivity contribution < 1.29 is 52.5 Å². The molecule has 25 heteroatoms. The van der Waals surface area contributed by atoms with E-state index in [1.165, 1.54) is 22.7 Å². The number of ether oxygens (including phenoxy) is 5. The van der Waals surface area contributed by atoms with E-state index in [0.717, 1.165) is 123 Å². The molecule has 0 aliphatic carbocycles. The molecule has 16 rings (SSSR count). The van der Waals surface area contributed by atoms with Gasteiger partial charge in [0.05, 0.1) is 62.1 Å². The van der Waals surface area contributed by atoms with Gasteiger partial charge in [-0.2, -0.15) is 0 Å². The largest absolute Gasteiger partial charge is 0.496 e. The van der Waals surface area contributed by atoms with Crippen LogP contribution < -0.4 is 55.2 Å². The lowest BCUT2D eigenvalue weighted by Gasteiger charge is -2.55. The summed E-state index contributed by atoms with van der Waals surface area (Å²) in [5.74, 6) is 0.805. The number of nitrogens with zero attached hydrogens (tertiary/aromatic N) is 8. The molecule has 5 atom stereocenters. The summed E-state index contributed by atoms with van der Waals surface area (Å²) in [5, 5.41) is 8.77. The number of carbonyl (C=O) groups excluding carboxylic acids is 6. The van der Waals surface area contributed by atoms with Crippen LogP contribution in [0.2, 0.25) is 0 Å². The molecular formula is C76H80N10O13S2. The number of carbonyl (C=O) groups is 6. The number of fused-ring (bicyclic) bond motifs is 5. The summed E-state index contributed by atoms with van der Waals surface area (Å²) in [7, 11) is 11.8. The first-order valence-corrected chi connectivity index (χ1v) is 36.3. The van der Waals surface area contributed by atoms with Gasteiger partial charge in [0.2, 0.25) is 23.6 Å². The number of imide groups is 2. The Kier molecular flexibility index (Phi) is 16.9. The van der Waals surface area contributed by atoms with Gasteiger partial charge in [-0.25, -0.2) is 0 Å². The highest BCUT2D eigenvalue weighted by atomic mass is 32.1. The summed E-state index contributed by atoms with van der Waals surface area (Å²) in [4.78, 5) is 120. The van der Waals surface area contributed by atoms with Crippen LogP contribution in [-0.4, -0.2) is 164 Å². The quantitative estimate of drug-likeness (QED) is 0.0866. The highest BCUT2D eigenvalue weighted by Gasteiger charge is 2.50. The van der Waals surface area contributed by atoms with Crippen molar-refractivity contribution in [3.05, 3.63) is 144 Å². The normalized spacial score (nSPS) is 22.2. The molecule has 8 aliphatic heterocycles. The van der Waals surface area contributed by atoms with Crippen molar-refractivity contribution in [2.24, 2.45) is 31.3 Å². The summed E-state index contributed by atoms with van der Waals surface area (Å²) in [6, 6.07) is 20.6. The predicted octanol–water partition coefficient (Wildman–Crippen LogP) is 8.26. The first-order valence-electron chi connectivity index (χ1n) is 34.6. The molecule has 8 aromatic rings. The van der Waals surface area contributed by atoms with E-state index in [4.69, 9.17) is 23.7 Å². The van der Waals surface area contributed by atoms with E-state index in [9.17, 15) is 33.6 Å². The van der Waals surface area contributed by atoms with Crippen molar-refractivity contribution in [2.75, 3.05) is 97.7 Å². The molecule has 5 unspecified atom stereocenters. The van der Waals surface area contributed by atoms with E-state index < -0.39 is 23.9 Å². The van der Waals surface area contributed by atoms with Gasteiger partial charge in [-0.1, -0.05) is 11.3 Å². The standard InChI is InChI=1S/C76H80N10O13S2/c1-79-33-53(68-49(72(79)91)15-21-100-68)41-23-63(97-5)58(64(24-41)98-6)37-82-30-44-31-83(45-8-9-48-43(22-45)32-85(74(48)93)59-10-12-65(87)77-70(59)89)18-14-47(44)55(35-82)50-27-46(28-51-56(50)38-86(75(51)94)60-11-13-66(88)78-71(60)90)84-39-76(40-84)16-19-81(20-17-76)36-57-61(95-3)25-42(26-62(57)96-4)54-34-80(2)73(92)52-29-67(99-7)101-69(52)54/h8-9,15,21-29,33-34,44,47,55,59-60H,10-14,16-20,30-32,35-40H2,1-7H3,(H,77,87,89)(H,78,88,90). The third-order valence-electron chi connectivity index (χ3n) is 23.0. The molecule has 0 saturated carbocycles. The van der Waals surface area contributed by atoms with Crippen LogP contribution in [0.3, 0.4) is 0 Å². The second-order valence-corrected chi connectivity index (χ2v) is 30.5. The number of amides is 6. The number of pyridine rings is 2. The van der Waals surface area contributed by atoms with Gasteiger partial charge < -0.3 is 52.4 Å². The van der Waals surface area contributed by atoms with E-state index in [1.807, 2.05) is 60.2 Å². The zero-order valence-electron chi connectivity index (χ0n) is 57.6. The minimum Gasteiger partial charge on any atom is -0.496 e. The number of thiophene rings is 2. The smallest absolute Gasteiger partial charge is 0.259 e. The molecule has 12 heterocycles. The molecule has 1 spiro atoms. The number of benzene rings is 4. The van der Waals surface area contributed by atoms with Crippen molar-refractivity contribution in [2.45, 2.75) is 89.1 Å². The molecular weight excluding hydrogens is 1330 g/mol. The van der Waals surface area contributed by atoms with Crippen LogP contribution in [0.1, 0.15) is 99.4 Å². The molecule has 23 nitrogen and oxygen atoms in total. The van der Waals surface area contributed by atoms with Crippen LogP contribution >= 0.6 is 22.7 Å². The lowest BCUT2D eigenvalue weighted by Crippen LogP contribution is -2.60. The number of piperidine rings is 5. The average molecular weight is 1410 g/mol. The number of rotatable bonds is 16. The van der Waals surface area contributed by atoms with Gasteiger partial charge in [-0.05, 0) is 151 Å². The van der Waals surface area contributed by atoms with E-state index in [-0.39, 0.29) is 96.7 Å². The molecule has 0 radical (unpaired) electrons. The zero-order valence-corrected chi connectivity index (χ0v) is 59.2. The summed E-state index contributed by atoms with van der Waals surface area (Å²) in [6.07, 6.45) is 7.27. The summed E-state index contributed by atoms with van der Waals surface area (Å²) >= 11 is 2.95. The number of aromatic nitrogens is 2. The second-order valence-electron chi connectivity index (χ2n) is 28.6. The maximum atomic E-state index is 15.3. The lowest BCUT2D eigenvalue weighted by atomic mass is 9.69. The zero-order chi connectivity index (χ0) is 70.0. The lowest BCUT2D eigenvalue weighted by molar-refractivity contribution is -0.138. The van der Waals surface area contributed by atoms with Gasteiger partial charge in [-0.3, -0.25) is 58.8 Å². The van der Waals surface area contributed by atoms with Gasteiger partial charge in [0.25, 0.3) is 22.9 Å². The number of methoxy groups -OCH3 is 5. The van der Waals surface area contributed by atoms with E-state index in [2.05, 4.69) is 48.4 Å². The fourth-order valence-corrected chi connectivity index (χ4v) is 19.6. The number of hydrogen-bond donors (Lipinski definition) is 2. The van der Waals surface area contributed by atoms with Gasteiger partial charge >= 0.3 is 0 Å². The molecule has 8 aliphatic rings. The summed E-state index contributed by atoms with van der Waals surface area (Å²) in [6.45, 7) is 7.59. The highest BCUT2D eigenvalue weighted by molar-refractivity contribution is 7.21. The molecule has 4 aromatic carbocycles. The fraction of sp³-hybridized carbons (Fsp3) is 0.421. The van der Waals surface area contributed by atoms with Crippen LogP contribution in [0.5, 0.6) is 28.1 Å². The first kappa shape index (κ1) is 66.0. The Morgan fingerprint density at radius 1 is 0.545 bits per heavy atom. The second kappa shape index (κ2) is 25.8. The number of likely N-dealkylation sites (tertiary alicyclic amines) is 2. The van der Waals surface area contributed by atoms with Gasteiger partial charge in [0, 0.05) is 161 Å². The average Bonchev–Trinajstić information content (AvgIpc) is 1.72. The molecule has 6 saturated heterocycles. The Hall–Kier alpha value is -9.56. The Balaban J connectivity index is 0.711. The van der Waals surface area contributed by atoms with E-state index >= 15 is 4.79 Å². The SMILES string of the molecule is COc1cc2c(=O)n(C)cc(-c3cc(OC)c(CN4CCC5(CC4)CN(c4cc6c(c(C7CN(Cc8c(OC)cc(-c9cn(C)c(=O)c%10ccsc9%10)cc8OC)CC8CN(c9ccc%10c(c9)CN(C9CCC(=O)NC9=O)C%10=O)CCC87)c4)CN(C4CCC(=O)NC4=O)C6=O)C5)c(OC)c3)c2s1. The number of anilines is 2. The van der Waals surface area contributed by atoms with Gasteiger partial charge in [-0.15, -0.1) is 11.3 Å². The van der Waals surface area contributed by atoms with Gasteiger partial charge in [0.15, 0.2) is 5.06 Å². The number of nitrogens with one attached hydrogen (secondary N) is 2. The van der Waals surface area contributed by atoms with E-state index in [1.54, 1.807) is 74.6 Å². The predicted molar refractivity (Wildman–Crippen MR) is 384 cm³/mol. The number of aryl methyl sites for hydroxylation is 2. The fourth-order valence-electron chi connectivity index (χ4n) is 17.6. The van der Waals surface area contributed by atoms with Crippen LogP contribution in [0.15, 0.2) is 94.1 Å². The summed E-state index contributed by atoms with van der Waals surface area (Å²) in [5.41, 5.74) is 11.1. The maximum Gasteiger partial charge on any atom is 0.259 e. The monoisotopic (exact) mass is 1400 g/mol. The summed E-state index contributed by atoms with van der Waals surface area (Å²) < 4.78 is 35.4. The van der Waals surface area contributed by atoms with Crippen molar-refractivity contribution in [3.8, 4) is 50.3 Å². The Bertz CT molecular complexity index is 4870. The van der Waals surface area contributed by atoms with Crippen molar-refractivity contribution >= 4 is 89.7 Å². The molecule has 6 amide bonds. The molecule has 101 heavy (non-hydrogen) atoms. The van der Waals surface area contributed by atoms with Crippen LogP contribution in [-0.2, 0) is 59.5 Å². The molecule has 2 N–H and O–H groups in total. The molecule has 0 bridgehead atoms. The van der Waals surface area contributed by atoms with E-state index in [0.29, 0.717) is 82.7 Å². The molecule has 4 aromatic heterocycles. The van der Waals surface area contributed by atoms with Crippen LogP contribution in [0.25, 0.3) is 42.4 Å². The van der Waals surface area contributed by atoms with Crippen molar-refractivity contribution in [1.29, 1.82) is 0 Å². The van der Waals surface area contributed by atoms with Gasteiger partial charge in [0.1, 0.15) is 35.1 Å². The first-order chi connectivity index (χ1) is 48.8. The minimum atomic E-state index is -0.807. The van der Waals surface area contributed by atoms with Crippen LogP contribution in [0, 0.1) is 17.3 Å².